The fraction of sp³-hybridized carbons (Fsp3) is 0.500. The minimum absolute atomic E-state index is 0.0463. The van der Waals surface area contributed by atoms with Crippen molar-refractivity contribution in [3.05, 3.63) is 28.3 Å². The smallest absolute Gasteiger partial charge is 0.414 e. The van der Waals surface area contributed by atoms with Gasteiger partial charge in [0.25, 0.3) is 5.69 Å². The van der Waals surface area contributed by atoms with Crippen LogP contribution in [0.5, 0.6) is 0 Å². The highest BCUT2D eigenvalue weighted by molar-refractivity contribution is 7.89. The Balaban J connectivity index is 2.39. The minimum atomic E-state index is -3.87. The minimum Gasteiger partial charge on any atom is -0.449 e. The number of rotatable bonds is 6. The van der Waals surface area contributed by atoms with Crippen LogP contribution in [0.3, 0.4) is 0 Å². The van der Waals surface area contributed by atoms with Crippen molar-refractivity contribution in [3.63, 3.8) is 0 Å². The molecule has 0 bridgehead atoms. The molecule has 1 aromatic rings. The van der Waals surface area contributed by atoms with Gasteiger partial charge in [-0.2, -0.15) is 0 Å². The van der Waals surface area contributed by atoms with Gasteiger partial charge in [-0.05, 0) is 38.8 Å². The summed E-state index contributed by atoms with van der Waals surface area (Å²) in [5, 5.41) is 11.3. The van der Waals surface area contributed by atoms with Gasteiger partial charge in [0.1, 0.15) is 5.69 Å². The fourth-order valence-corrected chi connectivity index (χ4v) is 3.58. The first kappa shape index (κ1) is 18.1. The third-order valence-electron chi connectivity index (χ3n) is 3.74. The van der Waals surface area contributed by atoms with Crippen molar-refractivity contribution < 1.29 is 22.9 Å². The molecule has 2 rings (SSSR count). The Morgan fingerprint density at radius 3 is 2.58 bits per heavy atom. The molecule has 0 radical (unpaired) electrons. The number of hydrogen-bond acceptors (Lipinski definition) is 6. The van der Waals surface area contributed by atoms with Crippen LogP contribution >= 0.6 is 0 Å². The maximum Gasteiger partial charge on any atom is 0.414 e. The van der Waals surface area contributed by atoms with Crippen LogP contribution < -0.4 is 9.62 Å². The van der Waals surface area contributed by atoms with E-state index in [1.165, 1.54) is 19.2 Å². The number of sulfonamides is 1. The van der Waals surface area contributed by atoms with Gasteiger partial charge < -0.3 is 4.74 Å². The van der Waals surface area contributed by atoms with E-state index < -0.39 is 32.3 Å². The predicted molar refractivity (Wildman–Crippen MR) is 86.5 cm³/mol. The lowest BCUT2D eigenvalue weighted by atomic mass is 10.2. The van der Waals surface area contributed by atoms with Gasteiger partial charge >= 0.3 is 6.09 Å². The molecular weight excluding hydrogens is 338 g/mol. The van der Waals surface area contributed by atoms with E-state index >= 15 is 0 Å². The zero-order valence-electron chi connectivity index (χ0n) is 13.6. The lowest BCUT2D eigenvalue weighted by molar-refractivity contribution is -0.384. The van der Waals surface area contributed by atoms with E-state index in [0.29, 0.717) is 0 Å². The van der Waals surface area contributed by atoms with Crippen molar-refractivity contribution in [2.75, 3.05) is 18.6 Å². The van der Waals surface area contributed by atoms with Gasteiger partial charge in [0.15, 0.2) is 0 Å². The molecule has 1 aliphatic carbocycles. The zero-order chi connectivity index (χ0) is 18.1. The number of nitro groups is 1. The first-order chi connectivity index (χ1) is 11.1. The first-order valence-electron chi connectivity index (χ1n) is 7.32. The lowest BCUT2D eigenvalue weighted by Crippen LogP contribution is -2.34. The molecule has 10 heteroatoms. The molecule has 0 aliphatic heterocycles. The summed E-state index contributed by atoms with van der Waals surface area (Å²) in [6, 6.07) is 3.39. The number of nitro benzene ring substituents is 1. The lowest BCUT2D eigenvalue weighted by Gasteiger charge is -2.17. The monoisotopic (exact) mass is 357 g/mol. The van der Waals surface area contributed by atoms with Gasteiger partial charge in [-0.1, -0.05) is 0 Å². The molecule has 1 fully saturated rings. The summed E-state index contributed by atoms with van der Waals surface area (Å²) in [5.41, 5.74) is -1.03. The second kappa shape index (κ2) is 6.36. The second-order valence-electron chi connectivity index (χ2n) is 5.83. The van der Waals surface area contributed by atoms with Crippen LogP contribution in [0.15, 0.2) is 23.1 Å². The van der Waals surface area contributed by atoms with E-state index in [-0.39, 0.29) is 17.2 Å². The number of nitrogens with one attached hydrogen (secondary N) is 1. The van der Waals surface area contributed by atoms with E-state index in [4.69, 9.17) is 4.74 Å². The summed E-state index contributed by atoms with van der Waals surface area (Å²) >= 11 is 0. The summed E-state index contributed by atoms with van der Waals surface area (Å²) in [4.78, 5) is 23.1. The Kier molecular flexibility index (Phi) is 4.81. The third-order valence-corrected chi connectivity index (χ3v) is 5.37. The quantitative estimate of drug-likeness (QED) is 0.614. The highest BCUT2D eigenvalue weighted by Gasteiger charge is 2.41. The van der Waals surface area contributed by atoms with Gasteiger partial charge in [-0.3, -0.25) is 15.0 Å². The molecule has 1 saturated carbocycles. The van der Waals surface area contributed by atoms with E-state index in [1.54, 1.807) is 13.8 Å². The second-order valence-corrected chi connectivity index (χ2v) is 7.51. The number of nitrogens with zero attached hydrogens (tertiary/aromatic N) is 2. The summed E-state index contributed by atoms with van der Waals surface area (Å²) in [7, 11) is -2.56. The van der Waals surface area contributed by atoms with E-state index in [2.05, 4.69) is 4.72 Å². The molecule has 1 amide bonds. The molecule has 0 heterocycles. The topological polar surface area (TPSA) is 119 Å². The molecular formula is C14H19N3O6S. The van der Waals surface area contributed by atoms with Gasteiger partial charge in [-0.15, -0.1) is 0 Å². The van der Waals surface area contributed by atoms with Crippen molar-refractivity contribution >= 4 is 27.5 Å². The van der Waals surface area contributed by atoms with E-state index in [1.807, 2.05) is 0 Å². The highest BCUT2D eigenvalue weighted by Crippen LogP contribution is 2.37. The highest BCUT2D eigenvalue weighted by atomic mass is 32.2. The van der Waals surface area contributed by atoms with Crippen LogP contribution in [0, 0.1) is 10.1 Å². The van der Waals surface area contributed by atoms with Crippen molar-refractivity contribution in [3.8, 4) is 0 Å². The average molecular weight is 357 g/mol. The fourth-order valence-electron chi connectivity index (χ4n) is 2.09. The van der Waals surface area contributed by atoms with Crippen LogP contribution in [0.4, 0.5) is 16.2 Å². The maximum absolute atomic E-state index is 12.3. The molecule has 1 N–H and O–H groups in total. The van der Waals surface area contributed by atoms with E-state index in [9.17, 15) is 23.3 Å². The Morgan fingerprint density at radius 1 is 1.46 bits per heavy atom. The summed E-state index contributed by atoms with van der Waals surface area (Å²) < 4.78 is 32.0. The third kappa shape index (κ3) is 3.82. The van der Waals surface area contributed by atoms with Crippen LogP contribution in [0.25, 0.3) is 0 Å². The molecule has 0 aromatic heterocycles. The normalized spacial score (nSPS) is 15.6. The largest absolute Gasteiger partial charge is 0.449 e. The number of benzene rings is 1. The van der Waals surface area contributed by atoms with Gasteiger partial charge in [0.2, 0.25) is 10.0 Å². The molecule has 1 aromatic carbocycles. The van der Waals surface area contributed by atoms with E-state index in [0.717, 1.165) is 23.8 Å². The van der Waals surface area contributed by atoms with Crippen LogP contribution in [0.1, 0.15) is 26.7 Å². The van der Waals surface area contributed by atoms with Crippen molar-refractivity contribution in [2.24, 2.45) is 0 Å². The first-order valence-corrected chi connectivity index (χ1v) is 8.81. The molecule has 132 valence electrons. The number of ether oxygens (including phenoxy) is 1. The van der Waals surface area contributed by atoms with Crippen LogP contribution in [-0.4, -0.2) is 38.6 Å². The summed E-state index contributed by atoms with van der Waals surface area (Å²) in [5.74, 6) is 0. The predicted octanol–water partition coefficient (Wildman–Crippen LogP) is 2.02. The number of amides is 1. The van der Waals surface area contributed by atoms with Crippen molar-refractivity contribution in [1.82, 2.24) is 4.72 Å². The Labute approximate surface area is 139 Å². The van der Waals surface area contributed by atoms with Crippen molar-refractivity contribution in [2.45, 2.75) is 37.1 Å². The zero-order valence-corrected chi connectivity index (χ0v) is 14.4. The summed E-state index contributed by atoms with van der Waals surface area (Å²) in [6.07, 6.45) is 0.676. The molecule has 0 unspecified atom stereocenters. The van der Waals surface area contributed by atoms with Crippen LogP contribution in [-0.2, 0) is 14.8 Å². The Bertz CT molecular complexity index is 773. The summed E-state index contributed by atoms with van der Waals surface area (Å²) in [6.45, 7) is 3.49. The molecule has 9 nitrogen and oxygen atoms in total. The number of carbonyl (C=O) groups is 1. The molecule has 0 atom stereocenters. The van der Waals surface area contributed by atoms with Gasteiger partial charge in [-0.25, -0.2) is 17.9 Å². The molecule has 1 aliphatic rings. The Hall–Kier alpha value is -2.20. The number of anilines is 1. The van der Waals surface area contributed by atoms with Crippen LogP contribution in [0.2, 0.25) is 0 Å². The van der Waals surface area contributed by atoms with Gasteiger partial charge in [0, 0.05) is 18.7 Å². The molecule has 0 saturated heterocycles. The average Bonchev–Trinajstić information content (AvgIpc) is 3.22. The molecule has 0 spiro atoms. The van der Waals surface area contributed by atoms with Crippen molar-refractivity contribution in [1.29, 1.82) is 0 Å². The standard InChI is InChI=1S/C14H19N3O6S/c1-4-23-13(18)16(3)11-6-5-10(9-12(11)17(19)20)24(21,22)15-14(2)7-8-14/h5-6,9,15H,4,7-8H2,1-3H3. The number of carbonyl (C=O) groups excluding carboxylic acids is 1. The molecule has 24 heavy (non-hydrogen) atoms. The SMILES string of the molecule is CCOC(=O)N(C)c1ccc(S(=O)(=O)NC2(C)CC2)cc1[N+](=O)[O-]. The maximum atomic E-state index is 12.3. The Morgan fingerprint density at radius 2 is 2.08 bits per heavy atom. The van der Waals surface area contributed by atoms with Gasteiger partial charge in [0.05, 0.1) is 16.4 Å². The number of hydrogen-bond donors (Lipinski definition) is 1.